The van der Waals surface area contributed by atoms with Crippen molar-refractivity contribution in [3.8, 4) is 0 Å². The number of rotatable bonds is 4. The molecule has 0 aromatic carbocycles. The molecule has 17 heavy (non-hydrogen) atoms. The van der Waals surface area contributed by atoms with Gasteiger partial charge in [-0.2, -0.15) is 0 Å². The Morgan fingerprint density at radius 3 is 2.76 bits per heavy atom. The third-order valence-corrected chi connectivity index (χ3v) is 4.07. The minimum atomic E-state index is 0.0764. The molecule has 0 aromatic heterocycles. The molecule has 0 saturated carbocycles. The maximum absolute atomic E-state index is 11.8. The highest BCUT2D eigenvalue weighted by Gasteiger charge is 2.22. The first-order chi connectivity index (χ1) is 8.25. The zero-order valence-corrected chi connectivity index (χ0v) is 10.9. The Kier molecular flexibility index (Phi) is 4.80. The predicted octanol–water partition coefficient (Wildman–Crippen LogP) is 0.587. The molecule has 2 N–H and O–H groups in total. The van der Waals surface area contributed by atoms with Crippen LogP contribution in [0.2, 0.25) is 0 Å². The molecule has 2 rings (SSSR count). The molecular weight excluding hydrogens is 214 g/mol. The first-order valence-electron chi connectivity index (χ1n) is 6.95. The molecule has 1 amide bonds. The second kappa shape index (κ2) is 6.36. The van der Waals surface area contributed by atoms with Crippen molar-refractivity contribution in [3.63, 3.8) is 0 Å². The molecule has 1 atom stereocenters. The van der Waals surface area contributed by atoms with Crippen molar-refractivity contribution in [2.24, 2.45) is 5.92 Å². The normalized spacial score (nSPS) is 27.2. The van der Waals surface area contributed by atoms with Gasteiger partial charge in [0.1, 0.15) is 0 Å². The lowest BCUT2D eigenvalue weighted by molar-refractivity contribution is -0.122. The van der Waals surface area contributed by atoms with E-state index in [0.29, 0.717) is 0 Å². The molecule has 0 radical (unpaired) electrons. The summed E-state index contributed by atoms with van der Waals surface area (Å²) in [5, 5.41) is 6.30. The van der Waals surface area contributed by atoms with E-state index in [2.05, 4.69) is 22.6 Å². The Bertz CT molecular complexity index is 243. The van der Waals surface area contributed by atoms with Gasteiger partial charge < -0.3 is 15.5 Å². The maximum atomic E-state index is 11.8. The van der Waals surface area contributed by atoms with E-state index in [1.807, 2.05) is 0 Å². The zero-order chi connectivity index (χ0) is 12.1. The molecular formula is C13H25N3O. The number of hydrogen-bond donors (Lipinski definition) is 2. The number of nitrogens with zero attached hydrogens (tertiary/aromatic N) is 1. The first kappa shape index (κ1) is 12.8. The predicted molar refractivity (Wildman–Crippen MR) is 68.9 cm³/mol. The van der Waals surface area contributed by atoms with E-state index in [9.17, 15) is 4.79 Å². The second-order valence-electron chi connectivity index (χ2n) is 5.48. The van der Waals surface area contributed by atoms with Crippen LogP contribution in [-0.2, 0) is 4.79 Å². The van der Waals surface area contributed by atoms with Crippen LogP contribution in [0.15, 0.2) is 0 Å². The highest BCUT2D eigenvalue weighted by Crippen LogP contribution is 2.18. The standard InChI is InChI=1S/C13H25N3O/c1-16-9-5-11(6-10-16)4-8-15-13(17)12-3-2-7-14-12/h11-12,14H,2-10H2,1H3,(H,15,17)/t12-/m0/s1. The van der Waals surface area contributed by atoms with Gasteiger partial charge in [0.15, 0.2) is 0 Å². The van der Waals surface area contributed by atoms with Gasteiger partial charge in [-0.05, 0) is 64.7 Å². The minimum absolute atomic E-state index is 0.0764. The zero-order valence-electron chi connectivity index (χ0n) is 10.9. The summed E-state index contributed by atoms with van der Waals surface area (Å²) >= 11 is 0. The quantitative estimate of drug-likeness (QED) is 0.754. The largest absolute Gasteiger partial charge is 0.355 e. The molecule has 0 aromatic rings. The average molecular weight is 239 g/mol. The molecule has 0 unspecified atom stereocenters. The summed E-state index contributed by atoms with van der Waals surface area (Å²) in [4.78, 5) is 14.1. The molecule has 2 heterocycles. The molecule has 4 heteroatoms. The molecule has 2 fully saturated rings. The van der Waals surface area contributed by atoms with E-state index in [1.165, 1.54) is 25.9 Å². The Morgan fingerprint density at radius 1 is 1.35 bits per heavy atom. The van der Waals surface area contributed by atoms with Gasteiger partial charge in [0.25, 0.3) is 0 Å². The second-order valence-corrected chi connectivity index (χ2v) is 5.48. The van der Waals surface area contributed by atoms with E-state index < -0.39 is 0 Å². The minimum Gasteiger partial charge on any atom is -0.355 e. The number of nitrogens with one attached hydrogen (secondary N) is 2. The smallest absolute Gasteiger partial charge is 0.237 e. The maximum Gasteiger partial charge on any atom is 0.237 e. The van der Waals surface area contributed by atoms with Crippen LogP contribution in [-0.4, -0.2) is 50.1 Å². The van der Waals surface area contributed by atoms with Crippen molar-refractivity contribution in [3.05, 3.63) is 0 Å². The Balaban J connectivity index is 1.57. The molecule has 0 aliphatic carbocycles. The Hall–Kier alpha value is -0.610. The molecule has 2 aliphatic rings. The van der Waals surface area contributed by atoms with Crippen LogP contribution < -0.4 is 10.6 Å². The van der Waals surface area contributed by atoms with Crippen LogP contribution in [0.5, 0.6) is 0 Å². The fourth-order valence-corrected chi connectivity index (χ4v) is 2.78. The van der Waals surface area contributed by atoms with Gasteiger partial charge in [-0.25, -0.2) is 0 Å². The highest BCUT2D eigenvalue weighted by atomic mass is 16.2. The van der Waals surface area contributed by atoms with Crippen molar-refractivity contribution in [2.75, 3.05) is 33.2 Å². The van der Waals surface area contributed by atoms with E-state index in [1.54, 1.807) is 0 Å². The third-order valence-electron chi connectivity index (χ3n) is 4.07. The van der Waals surface area contributed by atoms with Crippen LogP contribution in [0.25, 0.3) is 0 Å². The van der Waals surface area contributed by atoms with Gasteiger partial charge in [0.2, 0.25) is 5.91 Å². The fraction of sp³-hybridized carbons (Fsp3) is 0.923. The number of carbonyl (C=O) groups is 1. The van der Waals surface area contributed by atoms with Gasteiger partial charge in [0.05, 0.1) is 6.04 Å². The van der Waals surface area contributed by atoms with Crippen molar-refractivity contribution in [1.29, 1.82) is 0 Å². The number of likely N-dealkylation sites (tertiary alicyclic amines) is 1. The van der Waals surface area contributed by atoms with Crippen molar-refractivity contribution in [1.82, 2.24) is 15.5 Å². The van der Waals surface area contributed by atoms with Crippen molar-refractivity contribution in [2.45, 2.75) is 38.1 Å². The van der Waals surface area contributed by atoms with Crippen LogP contribution in [0.3, 0.4) is 0 Å². The summed E-state index contributed by atoms with van der Waals surface area (Å²) in [5.41, 5.74) is 0. The Morgan fingerprint density at radius 2 is 2.12 bits per heavy atom. The lowest BCUT2D eigenvalue weighted by Crippen LogP contribution is -2.41. The average Bonchev–Trinajstić information content (AvgIpc) is 2.85. The van der Waals surface area contributed by atoms with E-state index >= 15 is 0 Å². The lowest BCUT2D eigenvalue weighted by Gasteiger charge is -2.29. The fourth-order valence-electron chi connectivity index (χ4n) is 2.78. The number of carbonyl (C=O) groups excluding carboxylic acids is 1. The third kappa shape index (κ3) is 3.96. The SMILES string of the molecule is CN1CCC(CCNC(=O)[C@@H]2CCCN2)CC1. The summed E-state index contributed by atoms with van der Waals surface area (Å²) in [5.74, 6) is 1.01. The van der Waals surface area contributed by atoms with E-state index in [0.717, 1.165) is 38.3 Å². The molecule has 2 aliphatic heterocycles. The molecule has 98 valence electrons. The summed E-state index contributed by atoms with van der Waals surface area (Å²) < 4.78 is 0. The van der Waals surface area contributed by atoms with Gasteiger partial charge in [-0.1, -0.05) is 0 Å². The summed E-state index contributed by atoms with van der Waals surface area (Å²) in [6, 6.07) is 0.0764. The van der Waals surface area contributed by atoms with E-state index in [-0.39, 0.29) is 11.9 Å². The molecule has 0 spiro atoms. The topological polar surface area (TPSA) is 44.4 Å². The van der Waals surface area contributed by atoms with E-state index in [4.69, 9.17) is 0 Å². The van der Waals surface area contributed by atoms with Gasteiger partial charge in [0, 0.05) is 6.54 Å². The monoisotopic (exact) mass is 239 g/mol. The Labute approximate surface area is 104 Å². The highest BCUT2D eigenvalue weighted by molar-refractivity contribution is 5.81. The van der Waals surface area contributed by atoms with Gasteiger partial charge in [-0.15, -0.1) is 0 Å². The first-order valence-corrected chi connectivity index (χ1v) is 6.95. The van der Waals surface area contributed by atoms with Crippen LogP contribution >= 0.6 is 0 Å². The van der Waals surface area contributed by atoms with Crippen LogP contribution in [0.1, 0.15) is 32.1 Å². The number of piperidine rings is 1. The van der Waals surface area contributed by atoms with Crippen molar-refractivity contribution >= 4 is 5.91 Å². The number of amides is 1. The van der Waals surface area contributed by atoms with Crippen LogP contribution in [0.4, 0.5) is 0 Å². The number of hydrogen-bond acceptors (Lipinski definition) is 3. The lowest BCUT2D eigenvalue weighted by atomic mass is 9.94. The summed E-state index contributed by atoms with van der Waals surface area (Å²) in [6.45, 7) is 4.27. The summed E-state index contributed by atoms with van der Waals surface area (Å²) in [6.07, 6.45) is 5.85. The molecule has 0 bridgehead atoms. The molecule has 4 nitrogen and oxygen atoms in total. The summed E-state index contributed by atoms with van der Waals surface area (Å²) in [7, 11) is 2.18. The van der Waals surface area contributed by atoms with Crippen LogP contribution in [0, 0.1) is 5.92 Å². The molecule has 2 saturated heterocycles. The van der Waals surface area contributed by atoms with Crippen molar-refractivity contribution < 1.29 is 4.79 Å². The van der Waals surface area contributed by atoms with Gasteiger partial charge >= 0.3 is 0 Å². The van der Waals surface area contributed by atoms with Gasteiger partial charge in [-0.3, -0.25) is 4.79 Å².